The molecule has 1 N–H and O–H groups in total. The van der Waals surface area contributed by atoms with Crippen molar-refractivity contribution in [1.29, 1.82) is 0 Å². The van der Waals surface area contributed by atoms with E-state index in [-0.39, 0.29) is 66.9 Å². The summed E-state index contributed by atoms with van der Waals surface area (Å²) in [4.78, 5) is 0.0755. The molecular formula is C12H9FKO3S. The first-order valence-corrected chi connectivity index (χ1v) is 6.28. The fraction of sp³-hybridized carbons (Fsp3) is 0. The topological polar surface area (TPSA) is 54.4 Å². The molecule has 6 heteroatoms. The van der Waals surface area contributed by atoms with Gasteiger partial charge in [0.1, 0.15) is 11.6 Å². The summed E-state index contributed by atoms with van der Waals surface area (Å²) in [7, 11) is -3.65. The van der Waals surface area contributed by atoms with Crippen LogP contribution >= 0.6 is 0 Å². The van der Waals surface area contributed by atoms with E-state index in [0.717, 1.165) is 12.1 Å². The van der Waals surface area contributed by atoms with Gasteiger partial charge in [0.2, 0.25) is 9.84 Å². The van der Waals surface area contributed by atoms with Crippen molar-refractivity contribution in [3.8, 4) is 5.75 Å². The van der Waals surface area contributed by atoms with Gasteiger partial charge in [-0.2, -0.15) is 0 Å². The summed E-state index contributed by atoms with van der Waals surface area (Å²) in [6.07, 6.45) is 0. The van der Waals surface area contributed by atoms with Gasteiger partial charge in [0.25, 0.3) is 0 Å². The molecule has 0 aliphatic heterocycles. The van der Waals surface area contributed by atoms with E-state index in [1.807, 2.05) is 0 Å². The van der Waals surface area contributed by atoms with Crippen molar-refractivity contribution in [3.63, 3.8) is 0 Å². The second-order valence-electron chi connectivity index (χ2n) is 3.45. The van der Waals surface area contributed by atoms with E-state index in [1.54, 1.807) is 0 Å². The molecule has 0 aromatic heterocycles. The van der Waals surface area contributed by atoms with Crippen LogP contribution in [0.5, 0.6) is 5.75 Å². The molecule has 0 atom stereocenters. The first-order chi connectivity index (χ1) is 8.00. The van der Waals surface area contributed by atoms with E-state index in [2.05, 4.69) is 0 Å². The summed E-state index contributed by atoms with van der Waals surface area (Å²) < 4.78 is 36.8. The van der Waals surface area contributed by atoms with Gasteiger partial charge in [0, 0.05) is 51.4 Å². The Balaban J connectivity index is 0.00000162. The zero-order chi connectivity index (χ0) is 12.5. The molecule has 0 heterocycles. The number of benzene rings is 2. The van der Waals surface area contributed by atoms with E-state index < -0.39 is 15.7 Å². The predicted molar refractivity (Wildman–Crippen MR) is 65.7 cm³/mol. The van der Waals surface area contributed by atoms with Crippen LogP contribution in [0.2, 0.25) is 0 Å². The third-order valence-corrected chi connectivity index (χ3v) is 4.06. The van der Waals surface area contributed by atoms with Crippen molar-refractivity contribution < 1.29 is 17.9 Å². The van der Waals surface area contributed by atoms with Crippen LogP contribution in [-0.4, -0.2) is 64.9 Å². The Hall–Kier alpha value is -0.244. The van der Waals surface area contributed by atoms with Gasteiger partial charge >= 0.3 is 0 Å². The molecule has 0 unspecified atom stereocenters. The van der Waals surface area contributed by atoms with Crippen LogP contribution in [0.1, 0.15) is 0 Å². The summed E-state index contributed by atoms with van der Waals surface area (Å²) in [5.74, 6) is -0.502. The van der Waals surface area contributed by atoms with Crippen LogP contribution in [-0.2, 0) is 9.84 Å². The van der Waals surface area contributed by atoms with Gasteiger partial charge in [0.05, 0.1) is 9.79 Å². The molecule has 0 amide bonds. The maximum atomic E-state index is 12.7. The molecule has 0 saturated carbocycles. The number of sulfone groups is 1. The Bertz CT molecular complexity index is 570. The zero-order valence-electron chi connectivity index (χ0n) is 9.67. The molecule has 1 radical (unpaired) electrons. The second kappa shape index (κ2) is 6.27. The average molecular weight is 291 g/mol. The van der Waals surface area contributed by atoms with E-state index in [0.29, 0.717) is 0 Å². The maximum Gasteiger partial charge on any atom is 0.206 e. The molecule has 2 aromatic carbocycles. The molecule has 0 fully saturated rings. The van der Waals surface area contributed by atoms with Crippen molar-refractivity contribution in [2.24, 2.45) is 0 Å². The van der Waals surface area contributed by atoms with Crippen molar-refractivity contribution in [2.45, 2.75) is 9.79 Å². The van der Waals surface area contributed by atoms with Crippen LogP contribution in [0.25, 0.3) is 0 Å². The largest absolute Gasteiger partial charge is 0.508 e. The van der Waals surface area contributed by atoms with Gasteiger partial charge in [0.15, 0.2) is 0 Å². The van der Waals surface area contributed by atoms with Gasteiger partial charge in [-0.1, -0.05) is 0 Å². The van der Waals surface area contributed by atoms with Crippen molar-refractivity contribution in [2.75, 3.05) is 0 Å². The van der Waals surface area contributed by atoms with Crippen LogP contribution < -0.4 is 0 Å². The fourth-order valence-electron chi connectivity index (χ4n) is 1.38. The summed E-state index contributed by atoms with van der Waals surface area (Å²) in [6, 6.07) is 9.77. The monoisotopic (exact) mass is 291 g/mol. The fourth-order valence-corrected chi connectivity index (χ4v) is 2.64. The van der Waals surface area contributed by atoms with E-state index in [9.17, 15) is 12.8 Å². The van der Waals surface area contributed by atoms with Crippen molar-refractivity contribution >= 4 is 61.2 Å². The summed E-state index contributed by atoms with van der Waals surface area (Å²) in [5.41, 5.74) is 0. The van der Waals surface area contributed by atoms with Gasteiger partial charge in [-0.05, 0) is 48.5 Å². The third kappa shape index (κ3) is 3.40. The average Bonchev–Trinajstić information content (AvgIpc) is 2.30. The minimum absolute atomic E-state index is 0. The smallest absolute Gasteiger partial charge is 0.206 e. The van der Waals surface area contributed by atoms with E-state index in [1.165, 1.54) is 36.4 Å². The Morgan fingerprint density at radius 3 is 1.67 bits per heavy atom. The summed E-state index contributed by atoms with van der Waals surface area (Å²) >= 11 is 0. The Morgan fingerprint density at radius 1 is 0.833 bits per heavy atom. The Labute approximate surface area is 147 Å². The minimum Gasteiger partial charge on any atom is -0.508 e. The van der Waals surface area contributed by atoms with Crippen LogP contribution in [0.15, 0.2) is 58.3 Å². The molecule has 0 spiro atoms. The number of hydrogen-bond donors (Lipinski definition) is 1. The second-order valence-corrected chi connectivity index (χ2v) is 5.40. The number of phenols is 1. The van der Waals surface area contributed by atoms with Gasteiger partial charge < -0.3 is 5.11 Å². The standard InChI is InChI=1S/C12H9FO3S.K/c13-9-1-5-11(6-2-9)17(15,16)12-7-3-10(14)4-8-12;/h1-8,14H;. The summed E-state index contributed by atoms with van der Waals surface area (Å²) in [5, 5.41) is 9.08. The number of halogens is 1. The Kier molecular flexibility index (Phi) is 5.51. The first-order valence-electron chi connectivity index (χ1n) is 4.80. The van der Waals surface area contributed by atoms with Crippen molar-refractivity contribution in [1.82, 2.24) is 0 Å². The molecule has 0 aliphatic rings. The predicted octanol–water partition coefficient (Wildman–Crippen LogP) is 1.98. The van der Waals surface area contributed by atoms with Crippen LogP contribution in [0.4, 0.5) is 4.39 Å². The Morgan fingerprint density at radius 2 is 1.22 bits per heavy atom. The normalized spacial score (nSPS) is 10.7. The maximum absolute atomic E-state index is 12.7. The molecule has 18 heavy (non-hydrogen) atoms. The molecular weight excluding hydrogens is 282 g/mol. The number of aromatic hydroxyl groups is 1. The summed E-state index contributed by atoms with van der Waals surface area (Å²) in [6.45, 7) is 0. The molecule has 89 valence electrons. The van der Waals surface area contributed by atoms with Crippen LogP contribution in [0.3, 0.4) is 0 Å². The molecule has 0 bridgehead atoms. The molecule has 2 rings (SSSR count). The number of hydrogen-bond acceptors (Lipinski definition) is 3. The van der Waals surface area contributed by atoms with Crippen LogP contribution in [0, 0.1) is 5.82 Å². The van der Waals surface area contributed by atoms with Gasteiger partial charge in [-0.3, -0.25) is 0 Å². The molecule has 3 nitrogen and oxygen atoms in total. The minimum atomic E-state index is -3.65. The van der Waals surface area contributed by atoms with Gasteiger partial charge in [-0.25, -0.2) is 12.8 Å². The quantitative estimate of drug-likeness (QED) is 0.680. The third-order valence-electron chi connectivity index (χ3n) is 2.27. The SMILES string of the molecule is O=S(=O)(c1ccc(O)cc1)c1ccc(F)cc1.[K]. The van der Waals surface area contributed by atoms with E-state index in [4.69, 9.17) is 5.11 Å². The molecule has 0 aliphatic carbocycles. The van der Waals surface area contributed by atoms with Gasteiger partial charge in [-0.15, -0.1) is 0 Å². The van der Waals surface area contributed by atoms with E-state index >= 15 is 0 Å². The number of phenolic OH excluding ortho intramolecular Hbond substituents is 1. The molecule has 0 saturated heterocycles. The number of rotatable bonds is 2. The molecule has 2 aromatic rings. The zero-order valence-corrected chi connectivity index (χ0v) is 13.6. The first kappa shape index (κ1) is 15.8. The van der Waals surface area contributed by atoms with Crippen molar-refractivity contribution in [3.05, 3.63) is 54.3 Å².